The first-order chi connectivity index (χ1) is 7.43. The fourth-order valence-corrected chi connectivity index (χ4v) is 1.89. The van der Waals surface area contributed by atoms with Crippen molar-refractivity contribution in [1.29, 1.82) is 0 Å². The van der Waals surface area contributed by atoms with E-state index in [1.165, 1.54) is 5.56 Å². The van der Waals surface area contributed by atoms with Gasteiger partial charge in [0, 0.05) is 0 Å². The molecule has 90 valence electrons. The molecule has 0 aliphatic heterocycles. The molecule has 0 heterocycles. The summed E-state index contributed by atoms with van der Waals surface area (Å²) in [6.45, 7) is 8.62. The van der Waals surface area contributed by atoms with Crippen molar-refractivity contribution in [2.24, 2.45) is 0 Å². The number of rotatable bonds is 4. The summed E-state index contributed by atoms with van der Waals surface area (Å²) < 4.78 is 21.2. The van der Waals surface area contributed by atoms with Crippen LogP contribution in [0, 0.1) is 0 Å². The van der Waals surface area contributed by atoms with Gasteiger partial charge in [0.2, 0.25) is 0 Å². The van der Waals surface area contributed by atoms with E-state index in [4.69, 9.17) is 9.05 Å². The standard InChI is InChI=1S/C12H19O3P/c1-5-14-16(13)15-11-8-6-10(7-9-11)12(2,3)4/h6-9,16H,5H2,1-4H3. The van der Waals surface area contributed by atoms with E-state index in [-0.39, 0.29) is 5.41 Å². The fourth-order valence-electron chi connectivity index (χ4n) is 1.27. The highest BCUT2D eigenvalue weighted by molar-refractivity contribution is 7.33. The molecule has 3 nitrogen and oxygen atoms in total. The molecule has 0 aromatic heterocycles. The second-order valence-corrected chi connectivity index (χ2v) is 5.55. The van der Waals surface area contributed by atoms with Gasteiger partial charge in [0.05, 0.1) is 6.61 Å². The predicted octanol–water partition coefficient (Wildman–Crippen LogP) is 3.79. The second kappa shape index (κ2) is 5.51. The minimum atomic E-state index is -2.39. The van der Waals surface area contributed by atoms with Crippen molar-refractivity contribution < 1.29 is 13.6 Å². The quantitative estimate of drug-likeness (QED) is 0.753. The van der Waals surface area contributed by atoms with Crippen LogP contribution in [0.5, 0.6) is 5.75 Å². The lowest BCUT2D eigenvalue weighted by molar-refractivity contribution is 0.302. The smallest absolute Gasteiger partial charge is 0.367 e. The minimum absolute atomic E-state index is 0.115. The summed E-state index contributed by atoms with van der Waals surface area (Å²) in [5.41, 5.74) is 1.33. The normalized spacial score (nSPS) is 13.5. The topological polar surface area (TPSA) is 35.5 Å². The Morgan fingerprint density at radius 1 is 1.19 bits per heavy atom. The minimum Gasteiger partial charge on any atom is -0.426 e. The van der Waals surface area contributed by atoms with E-state index >= 15 is 0 Å². The Morgan fingerprint density at radius 3 is 2.19 bits per heavy atom. The largest absolute Gasteiger partial charge is 0.426 e. The molecule has 0 fully saturated rings. The second-order valence-electron chi connectivity index (χ2n) is 4.56. The van der Waals surface area contributed by atoms with Crippen LogP contribution in [-0.4, -0.2) is 6.61 Å². The molecule has 1 atom stereocenters. The zero-order valence-electron chi connectivity index (χ0n) is 10.2. The molecule has 0 saturated carbocycles. The first-order valence-electron chi connectivity index (χ1n) is 5.38. The van der Waals surface area contributed by atoms with Crippen molar-refractivity contribution in [3.63, 3.8) is 0 Å². The van der Waals surface area contributed by atoms with Crippen LogP contribution >= 0.6 is 8.25 Å². The monoisotopic (exact) mass is 242 g/mol. The van der Waals surface area contributed by atoms with Crippen molar-refractivity contribution in [3.8, 4) is 5.75 Å². The van der Waals surface area contributed by atoms with Crippen LogP contribution in [0.25, 0.3) is 0 Å². The molecule has 0 radical (unpaired) electrons. The Kier molecular flexibility index (Phi) is 4.57. The van der Waals surface area contributed by atoms with Gasteiger partial charge in [0.15, 0.2) is 0 Å². The van der Waals surface area contributed by atoms with Crippen LogP contribution in [0.2, 0.25) is 0 Å². The summed E-state index contributed by atoms with van der Waals surface area (Å²) in [6.07, 6.45) is 0. The van der Waals surface area contributed by atoms with E-state index in [1.54, 1.807) is 6.92 Å². The maximum absolute atomic E-state index is 11.2. The zero-order chi connectivity index (χ0) is 12.2. The Hall–Kier alpha value is -0.790. The van der Waals surface area contributed by atoms with Crippen molar-refractivity contribution in [3.05, 3.63) is 29.8 Å². The number of hydrogen-bond acceptors (Lipinski definition) is 3. The summed E-state index contributed by atoms with van der Waals surface area (Å²) in [4.78, 5) is 0. The van der Waals surface area contributed by atoms with Crippen LogP contribution in [-0.2, 0) is 14.5 Å². The molecule has 0 amide bonds. The fraction of sp³-hybridized carbons (Fsp3) is 0.500. The van der Waals surface area contributed by atoms with Crippen LogP contribution in [0.3, 0.4) is 0 Å². The molecule has 0 N–H and O–H groups in total. The third kappa shape index (κ3) is 3.99. The number of benzene rings is 1. The van der Waals surface area contributed by atoms with Crippen LogP contribution < -0.4 is 4.52 Å². The Labute approximate surface area is 97.7 Å². The molecule has 1 aromatic rings. The first-order valence-corrected chi connectivity index (χ1v) is 6.61. The van der Waals surface area contributed by atoms with Crippen LogP contribution in [0.1, 0.15) is 33.3 Å². The summed E-state index contributed by atoms with van der Waals surface area (Å²) >= 11 is 0. The van der Waals surface area contributed by atoms with E-state index in [1.807, 2.05) is 24.3 Å². The molecule has 16 heavy (non-hydrogen) atoms. The van der Waals surface area contributed by atoms with Crippen molar-refractivity contribution in [2.45, 2.75) is 33.1 Å². The Balaban J connectivity index is 2.69. The SMILES string of the molecule is CCO[PH](=O)Oc1ccc(C(C)(C)C)cc1. The third-order valence-electron chi connectivity index (χ3n) is 2.18. The van der Waals surface area contributed by atoms with Crippen LogP contribution in [0.15, 0.2) is 24.3 Å². The summed E-state index contributed by atoms with van der Waals surface area (Å²) in [5, 5.41) is 0. The van der Waals surface area contributed by atoms with Crippen molar-refractivity contribution in [1.82, 2.24) is 0 Å². The molecule has 4 heteroatoms. The maximum atomic E-state index is 11.2. The summed E-state index contributed by atoms with van der Waals surface area (Å²) in [6, 6.07) is 7.61. The first kappa shape index (κ1) is 13.3. The molecule has 1 unspecified atom stereocenters. The van der Waals surface area contributed by atoms with Gasteiger partial charge in [0.25, 0.3) is 0 Å². The predicted molar refractivity (Wildman–Crippen MR) is 66.4 cm³/mol. The maximum Gasteiger partial charge on any atom is 0.367 e. The number of hydrogen-bond donors (Lipinski definition) is 0. The lowest BCUT2D eigenvalue weighted by Crippen LogP contribution is -2.10. The average Bonchev–Trinajstić information content (AvgIpc) is 2.17. The Bertz CT molecular complexity index is 352. The van der Waals surface area contributed by atoms with Gasteiger partial charge in [-0.2, -0.15) is 0 Å². The van der Waals surface area contributed by atoms with Gasteiger partial charge in [-0.1, -0.05) is 32.9 Å². The average molecular weight is 242 g/mol. The molecule has 0 spiro atoms. The molecular weight excluding hydrogens is 223 g/mol. The molecule has 0 aliphatic rings. The van der Waals surface area contributed by atoms with Gasteiger partial charge >= 0.3 is 8.25 Å². The highest BCUT2D eigenvalue weighted by Gasteiger charge is 2.13. The highest BCUT2D eigenvalue weighted by Crippen LogP contribution is 2.30. The van der Waals surface area contributed by atoms with E-state index in [0.717, 1.165) is 0 Å². The van der Waals surface area contributed by atoms with E-state index in [2.05, 4.69) is 20.8 Å². The summed E-state index contributed by atoms with van der Waals surface area (Å²) in [7, 11) is -2.39. The molecule has 0 bridgehead atoms. The zero-order valence-corrected chi connectivity index (χ0v) is 11.2. The van der Waals surface area contributed by atoms with Crippen LogP contribution in [0.4, 0.5) is 0 Å². The molecular formula is C12H19O3P. The van der Waals surface area contributed by atoms with E-state index < -0.39 is 8.25 Å². The van der Waals surface area contributed by atoms with E-state index in [9.17, 15) is 4.57 Å². The van der Waals surface area contributed by atoms with Gasteiger partial charge < -0.3 is 9.05 Å². The molecule has 0 aliphatic carbocycles. The molecule has 1 aromatic carbocycles. The van der Waals surface area contributed by atoms with Gasteiger partial charge in [0.1, 0.15) is 5.75 Å². The highest BCUT2D eigenvalue weighted by atomic mass is 31.1. The molecule has 1 rings (SSSR count). The van der Waals surface area contributed by atoms with Gasteiger partial charge in [-0.15, -0.1) is 0 Å². The van der Waals surface area contributed by atoms with Gasteiger partial charge in [-0.05, 0) is 30.0 Å². The lowest BCUT2D eigenvalue weighted by atomic mass is 9.87. The lowest BCUT2D eigenvalue weighted by Gasteiger charge is -2.19. The molecule has 0 saturated heterocycles. The van der Waals surface area contributed by atoms with Crippen molar-refractivity contribution in [2.75, 3.05) is 6.61 Å². The Morgan fingerprint density at radius 2 is 1.75 bits per heavy atom. The van der Waals surface area contributed by atoms with Crippen molar-refractivity contribution >= 4 is 8.25 Å². The third-order valence-corrected chi connectivity index (χ3v) is 3.11. The van der Waals surface area contributed by atoms with Gasteiger partial charge in [-0.25, -0.2) is 4.57 Å². The summed E-state index contributed by atoms with van der Waals surface area (Å²) in [5.74, 6) is 0.588. The van der Waals surface area contributed by atoms with Gasteiger partial charge in [-0.3, -0.25) is 0 Å². The van der Waals surface area contributed by atoms with E-state index in [0.29, 0.717) is 12.4 Å².